The highest BCUT2D eigenvalue weighted by Gasteiger charge is 2.03. The first-order valence-electron chi connectivity index (χ1n) is 7.11. The molecule has 1 N–H and O–H groups in total. The molecule has 3 heteroatoms. The minimum atomic E-state index is 0.510. The molecule has 0 saturated heterocycles. The molecule has 0 aliphatic rings. The fourth-order valence-electron chi connectivity index (χ4n) is 2.08. The van der Waals surface area contributed by atoms with E-state index in [9.17, 15) is 0 Å². The number of hydrogen-bond donors (Lipinski definition) is 1. The molecule has 3 nitrogen and oxygen atoms in total. The number of hydrogen-bond acceptors (Lipinski definition) is 3. The van der Waals surface area contributed by atoms with Crippen LogP contribution in [0.1, 0.15) is 31.7 Å². The fourth-order valence-corrected chi connectivity index (χ4v) is 2.08. The van der Waals surface area contributed by atoms with Gasteiger partial charge in [-0.3, -0.25) is 0 Å². The third-order valence-electron chi connectivity index (χ3n) is 3.22. The molecule has 0 heterocycles. The van der Waals surface area contributed by atoms with Crippen molar-refractivity contribution in [3.8, 4) is 5.75 Å². The SMILES string of the molecule is COCCCCCNC(C)Cc1ccc(OC)cc1. The van der Waals surface area contributed by atoms with Crippen LogP contribution in [0.5, 0.6) is 5.75 Å². The molecule has 0 bridgehead atoms. The van der Waals surface area contributed by atoms with Crippen LogP contribution in [0.4, 0.5) is 0 Å². The Balaban J connectivity index is 2.14. The molecule has 1 rings (SSSR count). The summed E-state index contributed by atoms with van der Waals surface area (Å²) in [4.78, 5) is 0. The Morgan fingerprint density at radius 2 is 1.79 bits per heavy atom. The van der Waals surface area contributed by atoms with Crippen molar-refractivity contribution >= 4 is 0 Å². The third kappa shape index (κ3) is 7.19. The van der Waals surface area contributed by atoms with Gasteiger partial charge in [-0.15, -0.1) is 0 Å². The van der Waals surface area contributed by atoms with Crippen molar-refractivity contribution in [2.75, 3.05) is 27.4 Å². The number of methoxy groups -OCH3 is 2. The lowest BCUT2D eigenvalue weighted by molar-refractivity contribution is 0.192. The molecule has 1 aromatic rings. The molecule has 0 aromatic heterocycles. The molecule has 1 atom stereocenters. The van der Waals surface area contributed by atoms with Gasteiger partial charge in [0.2, 0.25) is 0 Å². The van der Waals surface area contributed by atoms with E-state index >= 15 is 0 Å². The molecule has 1 unspecified atom stereocenters. The molecular weight excluding hydrogens is 238 g/mol. The second kappa shape index (κ2) is 9.82. The second-order valence-corrected chi connectivity index (χ2v) is 4.96. The molecule has 0 spiro atoms. The molecule has 0 saturated carbocycles. The van der Waals surface area contributed by atoms with E-state index in [1.165, 1.54) is 18.4 Å². The van der Waals surface area contributed by atoms with Gasteiger partial charge in [-0.05, 0) is 56.8 Å². The minimum Gasteiger partial charge on any atom is -0.497 e. The summed E-state index contributed by atoms with van der Waals surface area (Å²) in [7, 11) is 3.46. The maximum absolute atomic E-state index is 5.16. The molecule has 108 valence electrons. The van der Waals surface area contributed by atoms with Crippen LogP contribution in [0, 0.1) is 0 Å². The zero-order chi connectivity index (χ0) is 13.9. The Morgan fingerprint density at radius 3 is 2.42 bits per heavy atom. The average molecular weight is 265 g/mol. The number of nitrogens with one attached hydrogen (secondary N) is 1. The Labute approximate surface area is 117 Å². The molecule has 0 amide bonds. The first-order chi connectivity index (χ1) is 9.26. The standard InChI is InChI=1S/C16H27NO2/c1-14(17-11-5-4-6-12-18-2)13-15-7-9-16(19-3)10-8-15/h7-10,14,17H,4-6,11-13H2,1-3H3. The number of rotatable bonds is 10. The van der Waals surface area contributed by atoms with Gasteiger partial charge in [0.25, 0.3) is 0 Å². The Hall–Kier alpha value is -1.06. The van der Waals surface area contributed by atoms with Crippen LogP contribution in [0.15, 0.2) is 24.3 Å². The van der Waals surface area contributed by atoms with Gasteiger partial charge in [0.1, 0.15) is 5.75 Å². The molecule has 0 fully saturated rings. The normalized spacial score (nSPS) is 12.4. The summed E-state index contributed by atoms with van der Waals surface area (Å²) in [6.07, 6.45) is 4.67. The Morgan fingerprint density at radius 1 is 1.05 bits per heavy atom. The number of unbranched alkanes of at least 4 members (excludes halogenated alkanes) is 2. The van der Waals surface area contributed by atoms with Gasteiger partial charge in [-0.1, -0.05) is 12.1 Å². The highest BCUT2D eigenvalue weighted by Crippen LogP contribution is 2.12. The maximum Gasteiger partial charge on any atom is 0.118 e. The van der Waals surface area contributed by atoms with Crippen LogP contribution in [-0.2, 0) is 11.2 Å². The van der Waals surface area contributed by atoms with Crippen molar-refractivity contribution in [1.29, 1.82) is 0 Å². The summed E-state index contributed by atoms with van der Waals surface area (Å²) >= 11 is 0. The molecule has 0 aliphatic heterocycles. The Kier molecular flexibility index (Phi) is 8.26. The highest BCUT2D eigenvalue weighted by molar-refractivity contribution is 5.27. The largest absolute Gasteiger partial charge is 0.497 e. The van der Waals surface area contributed by atoms with E-state index in [1.807, 2.05) is 12.1 Å². The van der Waals surface area contributed by atoms with E-state index in [4.69, 9.17) is 9.47 Å². The van der Waals surface area contributed by atoms with Gasteiger partial charge in [0.05, 0.1) is 7.11 Å². The average Bonchev–Trinajstić information content (AvgIpc) is 2.43. The lowest BCUT2D eigenvalue weighted by Gasteiger charge is -2.14. The first kappa shape index (κ1) is 16.0. The van der Waals surface area contributed by atoms with Gasteiger partial charge in [-0.25, -0.2) is 0 Å². The van der Waals surface area contributed by atoms with E-state index in [1.54, 1.807) is 14.2 Å². The molecule has 1 aromatic carbocycles. The topological polar surface area (TPSA) is 30.5 Å². The quantitative estimate of drug-likeness (QED) is 0.660. The summed E-state index contributed by atoms with van der Waals surface area (Å²) in [5.74, 6) is 0.919. The maximum atomic E-state index is 5.16. The van der Waals surface area contributed by atoms with Gasteiger partial charge >= 0.3 is 0 Å². The predicted octanol–water partition coefficient (Wildman–Crippen LogP) is 3.03. The summed E-state index contributed by atoms with van der Waals surface area (Å²) in [6.45, 7) is 4.20. The van der Waals surface area contributed by atoms with E-state index in [-0.39, 0.29) is 0 Å². The first-order valence-corrected chi connectivity index (χ1v) is 7.11. The van der Waals surface area contributed by atoms with Gasteiger partial charge in [0, 0.05) is 19.8 Å². The summed E-state index contributed by atoms with van der Waals surface area (Å²) < 4.78 is 10.2. The summed E-state index contributed by atoms with van der Waals surface area (Å²) in [5.41, 5.74) is 1.35. The van der Waals surface area contributed by atoms with Crippen LogP contribution in [0.2, 0.25) is 0 Å². The van der Waals surface area contributed by atoms with Crippen molar-refractivity contribution < 1.29 is 9.47 Å². The Bertz CT molecular complexity index is 324. The lowest BCUT2D eigenvalue weighted by Crippen LogP contribution is -2.29. The second-order valence-electron chi connectivity index (χ2n) is 4.96. The number of benzene rings is 1. The smallest absolute Gasteiger partial charge is 0.118 e. The predicted molar refractivity (Wildman–Crippen MR) is 79.9 cm³/mol. The van der Waals surface area contributed by atoms with Crippen LogP contribution in [-0.4, -0.2) is 33.4 Å². The van der Waals surface area contributed by atoms with Crippen molar-refractivity contribution in [2.45, 2.75) is 38.6 Å². The third-order valence-corrected chi connectivity index (χ3v) is 3.22. The molecular formula is C16H27NO2. The zero-order valence-electron chi connectivity index (χ0n) is 12.4. The number of ether oxygens (including phenoxy) is 2. The fraction of sp³-hybridized carbons (Fsp3) is 0.625. The van der Waals surface area contributed by atoms with Crippen molar-refractivity contribution in [2.24, 2.45) is 0 Å². The zero-order valence-corrected chi connectivity index (χ0v) is 12.4. The monoisotopic (exact) mass is 265 g/mol. The minimum absolute atomic E-state index is 0.510. The van der Waals surface area contributed by atoms with Crippen LogP contribution < -0.4 is 10.1 Å². The van der Waals surface area contributed by atoms with Crippen LogP contribution >= 0.6 is 0 Å². The van der Waals surface area contributed by atoms with Gasteiger partial charge in [0.15, 0.2) is 0 Å². The molecule has 0 radical (unpaired) electrons. The molecule has 0 aliphatic carbocycles. The van der Waals surface area contributed by atoms with E-state index in [2.05, 4.69) is 24.4 Å². The van der Waals surface area contributed by atoms with Crippen molar-refractivity contribution in [1.82, 2.24) is 5.32 Å². The lowest BCUT2D eigenvalue weighted by atomic mass is 10.1. The van der Waals surface area contributed by atoms with Crippen LogP contribution in [0.25, 0.3) is 0 Å². The van der Waals surface area contributed by atoms with Gasteiger partial charge < -0.3 is 14.8 Å². The van der Waals surface area contributed by atoms with Crippen molar-refractivity contribution in [3.05, 3.63) is 29.8 Å². The van der Waals surface area contributed by atoms with E-state index < -0.39 is 0 Å². The molecule has 19 heavy (non-hydrogen) atoms. The van der Waals surface area contributed by atoms with E-state index in [0.717, 1.165) is 31.7 Å². The van der Waals surface area contributed by atoms with Crippen molar-refractivity contribution in [3.63, 3.8) is 0 Å². The highest BCUT2D eigenvalue weighted by atomic mass is 16.5. The van der Waals surface area contributed by atoms with Crippen LogP contribution in [0.3, 0.4) is 0 Å². The summed E-state index contributed by atoms with van der Waals surface area (Å²) in [6, 6.07) is 8.82. The van der Waals surface area contributed by atoms with E-state index in [0.29, 0.717) is 6.04 Å². The summed E-state index contributed by atoms with van der Waals surface area (Å²) in [5, 5.41) is 3.56. The van der Waals surface area contributed by atoms with Gasteiger partial charge in [-0.2, -0.15) is 0 Å².